The summed E-state index contributed by atoms with van der Waals surface area (Å²) >= 11 is 1.17. The maximum absolute atomic E-state index is 12.3. The van der Waals surface area contributed by atoms with E-state index in [0.29, 0.717) is 5.75 Å². The molecule has 0 saturated heterocycles. The first-order valence-corrected chi connectivity index (χ1v) is 9.37. The third-order valence-electron chi connectivity index (χ3n) is 4.90. The topological polar surface area (TPSA) is 68.2 Å². The molecule has 1 aliphatic heterocycles. The molecule has 4 aromatic rings. The Morgan fingerprint density at radius 3 is 2.81 bits per heavy atom. The number of ether oxygens (including phenoxy) is 1. The molecule has 1 unspecified atom stereocenters. The molecule has 7 heteroatoms. The number of carbonyl (C=O) groups is 1. The van der Waals surface area contributed by atoms with Crippen molar-refractivity contribution in [3.8, 4) is 5.75 Å². The van der Waals surface area contributed by atoms with E-state index in [4.69, 9.17) is 9.72 Å². The van der Waals surface area contributed by atoms with Gasteiger partial charge in [0.25, 0.3) is 0 Å². The second kappa shape index (κ2) is 5.99. The number of para-hydroxylation sites is 1. The Bertz CT molecular complexity index is 1200. The van der Waals surface area contributed by atoms with Crippen LogP contribution in [-0.4, -0.2) is 33.8 Å². The highest BCUT2D eigenvalue weighted by atomic mass is 32.1. The maximum atomic E-state index is 12.3. The molecular weight excluding hydrogens is 360 g/mol. The van der Waals surface area contributed by atoms with E-state index in [2.05, 4.69) is 14.8 Å². The minimum Gasteiger partial charge on any atom is -0.426 e. The van der Waals surface area contributed by atoms with Gasteiger partial charge in [-0.3, -0.25) is 4.79 Å². The highest BCUT2D eigenvalue weighted by molar-refractivity contribution is 7.00. The molecule has 3 heterocycles. The predicted molar refractivity (Wildman–Crippen MR) is 106 cm³/mol. The van der Waals surface area contributed by atoms with Gasteiger partial charge in [-0.15, -0.1) is 0 Å². The fourth-order valence-electron chi connectivity index (χ4n) is 3.71. The number of benzene rings is 2. The number of hydrogen-bond acceptors (Lipinski definition) is 7. The van der Waals surface area contributed by atoms with Crippen LogP contribution in [0.4, 0.5) is 5.82 Å². The van der Waals surface area contributed by atoms with Crippen molar-refractivity contribution in [3.63, 3.8) is 0 Å². The normalized spacial score (nSPS) is 16.4. The number of nitrogens with zero attached hydrogens (tertiary/aromatic N) is 4. The molecule has 0 fully saturated rings. The van der Waals surface area contributed by atoms with Crippen LogP contribution < -0.4 is 9.64 Å². The number of aromatic nitrogens is 3. The molecular formula is C20H16N4O2S. The molecule has 2 aromatic carbocycles. The molecule has 0 radical (unpaired) electrons. The number of pyridine rings is 1. The Labute approximate surface area is 159 Å². The average molecular weight is 376 g/mol. The summed E-state index contributed by atoms with van der Waals surface area (Å²) in [6.45, 7) is 0. The van der Waals surface area contributed by atoms with Crippen LogP contribution in [0, 0.1) is 0 Å². The average Bonchev–Trinajstić information content (AvgIpc) is 3.15. The van der Waals surface area contributed by atoms with Crippen LogP contribution in [0.3, 0.4) is 0 Å². The lowest BCUT2D eigenvalue weighted by atomic mass is 9.85. The summed E-state index contributed by atoms with van der Waals surface area (Å²) in [5.41, 5.74) is 4.46. The van der Waals surface area contributed by atoms with E-state index in [9.17, 15) is 4.79 Å². The third-order valence-corrected chi connectivity index (χ3v) is 5.44. The molecule has 0 amide bonds. The van der Waals surface area contributed by atoms with Crippen molar-refractivity contribution < 1.29 is 9.53 Å². The van der Waals surface area contributed by atoms with Gasteiger partial charge in [0.1, 0.15) is 22.6 Å². The van der Waals surface area contributed by atoms with Crippen LogP contribution in [-0.2, 0) is 4.79 Å². The minimum absolute atomic E-state index is 0.177. The van der Waals surface area contributed by atoms with Crippen molar-refractivity contribution >= 4 is 45.5 Å². The number of carbonyl (C=O) groups excluding carboxylic acids is 1. The highest BCUT2D eigenvalue weighted by Crippen LogP contribution is 2.45. The molecule has 27 heavy (non-hydrogen) atoms. The quantitative estimate of drug-likeness (QED) is 0.392. The summed E-state index contributed by atoms with van der Waals surface area (Å²) in [4.78, 5) is 19.2. The molecule has 5 rings (SSSR count). The molecule has 2 aromatic heterocycles. The molecule has 6 nitrogen and oxygen atoms in total. The van der Waals surface area contributed by atoms with Gasteiger partial charge in [-0.05, 0) is 24.3 Å². The Balaban J connectivity index is 1.81. The van der Waals surface area contributed by atoms with E-state index in [-0.39, 0.29) is 18.3 Å². The summed E-state index contributed by atoms with van der Waals surface area (Å²) < 4.78 is 14.3. The van der Waals surface area contributed by atoms with Crippen molar-refractivity contribution in [1.29, 1.82) is 0 Å². The lowest BCUT2D eigenvalue weighted by Gasteiger charge is -2.28. The van der Waals surface area contributed by atoms with Gasteiger partial charge in [-0.2, -0.15) is 8.75 Å². The number of rotatable bonds is 2. The van der Waals surface area contributed by atoms with Crippen LogP contribution in [0.1, 0.15) is 23.5 Å². The molecule has 0 bridgehead atoms. The van der Waals surface area contributed by atoms with E-state index in [0.717, 1.165) is 38.9 Å². The molecule has 1 atom stereocenters. The molecule has 0 N–H and O–H groups in total. The number of fused-ring (bicyclic) bond motifs is 4. The zero-order valence-corrected chi connectivity index (χ0v) is 15.7. The zero-order valence-electron chi connectivity index (χ0n) is 14.8. The molecule has 0 saturated carbocycles. The second-order valence-electron chi connectivity index (χ2n) is 6.83. The van der Waals surface area contributed by atoms with E-state index >= 15 is 0 Å². The Kier molecular flexibility index (Phi) is 3.58. The predicted octanol–water partition coefficient (Wildman–Crippen LogP) is 3.75. The van der Waals surface area contributed by atoms with Gasteiger partial charge in [0.15, 0.2) is 0 Å². The van der Waals surface area contributed by atoms with Crippen LogP contribution >= 0.6 is 11.7 Å². The van der Waals surface area contributed by atoms with Crippen molar-refractivity contribution in [1.82, 2.24) is 13.7 Å². The van der Waals surface area contributed by atoms with E-state index < -0.39 is 0 Å². The summed E-state index contributed by atoms with van der Waals surface area (Å²) in [7, 11) is 3.93. The lowest BCUT2D eigenvalue weighted by molar-refractivity contribution is -0.135. The summed E-state index contributed by atoms with van der Waals surface area (Å²) in [6.07, 6.45) is 0.254. The summed E-state index contributed by atoms with van der Waals surface area (Å²) in [5, 5.41) is 1.04. The monoisotopic (exact) mass is 376 g/mol. The first-order valence-electron chi connectivity index (χ1n) is 8.64. The smallest absolute Gasteiger partial charge is 0.312 e. The Morgan fingerprint density at radius 1 is 1.11 bits per heavy atom. The first kappa shape index (κ1) is 16.1. The Hall–Kier alpha value is -3.06. The van der Waals surface area contributed by atoms with Gasteiger partial charge in [0, 0.05) is 36.5 Å². The molecule has 1 aliphatic rings. The lowest BCUT2D eigenvalue weighted by Crippen LogP contribution is -2.23. The Morgan fingerprint density at radius 2 is 1.96 bits per heavy atom. The van der Waals surface area contributed by atoms with Crippen molar-refractivity contribution in [3.05, 3.63) is 53.6 Å². The van der Waals surface area contributed by atoms with Crippen LogP contribution in [0.15, 0.2) is 42.5 Å². The van der Waals surface area contributed by atoms with Crippen molar-refractivity contribution in [2.75, 3.05) is 19.0 Å². The molecule has 0 spiro atoms. The second-order valence-corrected chi connectivity index (χ2v) is 7.36. The number of esters is 1. The largest absolute Gasteiger partial charge is 0.426 e. The van der Waals surface area contributed by atoms with Gasteiger partial charge in [0.2, 0.25) is 0 Å². The number of hydrogen-bond donors (Lipinski definition) is 0. The van der Waals surface area contributed by atoms with Crippen molar-refractivity contribution in [2.24, 2.45) is 0 Å². The van der Waals surface area contributed by atoms with Gasteiger partial charge >= 0.3 is 5.97 Å². The van der Waals surface area contributed by atoms with Gasteiger partial charge in [-0.25, -0.2) is 4.98 Å². The third kappa shape index (κ3) is 2.54. The minimum atomic E-state index is -0.243. The standard InChI is InChI=1S/C20H16N4O2S/c1-24(2)20-13(9-11-5-3-4-6-14(11)21-20)12-10-17(25)26-16-8-7-15-19(18(12)16)23-27-22-15/h3-9,12H,10H2,1-2H3. The summed E-state index contributed by atoms with van der Waals surface area (Å²) in [6, 6.07) is 13.8. The SMILES string of the molecule is CN(C)c1nc2ccccc2cc1C1CC(=O)Oc2ccc3nsnc3c21. The molecule has 0 aliphatic carbocycles. The number of anilines is 1. The van der Waals surface area contributed by atoms with E-state index in [1.165, 1.54) is 11.7 Å². The zero-order chi connectivity index (χ0) is 18.5. The van der Waals surface area contributed by atoms with Gasteiger partial charge in [0.05, 0.1) is 23.7 Å². The van der Waals surface area contributed by atoms with Crippen LogP contribution in [0.5, 0.6) is 5.75 Å². The van der Waals surface area contributed by atoms with Crippen LogP contribution in [0.2, 0.25) is 0 Å². The molecule has 134 valence electrons. The van der Waals surface area contributed by atoms with Gasteiger partial charge < -0.3 is 9.64 Å². The fraction of sp³-hybridized carbons (Fsp3) is 0.200. The van der Waals surface area contributed by atoms with Gasteiger partial charge in [-0.1, -0.05) is 18.2 Å². The summed E-state index contributed by atoms with van der Waals surface area (Å²) in [5.74, 6) is 0.991. The van der Waals surface area contributed by atoms with E-state index in [1.807, 2.05) is 55.4 Å². The first-order chi connectivity index (χ1) is 13.1. The maximum Gasteiger partial charge on any atom is 0.312 e. The fourth-order valence-corrected chi connectivity index (χ4v) is 4.26. The highest BCUT2D eigenvalue weighted by Gasteiger charge is 2.33. The van der Waals surface area contributed by atoms with E-state index in [1.54, 1.807) is 0 Å². The van der Waals surface area contributed by atoms with Crippen molar-refractivity contribution in [2.45, 2.75) is 12.3 Å². The van der Waals surface area contributed by atoms with Crippen LogP contribution in [0.25, 0.3) is 21.9 Å².